The maximum atomic E-state index is 10.3. The van der Waals surface area contributed by atoms with Gasteiger partial charge in [-0.3, -0.25) is 0 Å². The topological polar surface area (TPSA) is 32.3 Å². The molecule has 2 N–H and O–H groups in total. The number of nitrogens with one attached hydrogen (secondary N) is 1. The van der Waals surface area contributed by atoms with Crippen LogP contribution in [-0.4, -0.2) is 21.8 Å². The zero-order valence-electron chi connectivity index (χ0n) is 9.69. The Labute approximate surface area is 87.1 Å². The largest absolute Gasteiger partial charge is 0.388 e. The number of aliphatic hydroxyl groups is 1. The number of hydrogen-bond acceptors (Lipinski definition) is 2. The minimum absolute atomic E-state index is 0.0560. The molecule has 0 heterocycles. The summed E-state index contributed by atoms with van der Waals surface area (Å²) in [5.74, 6) is 0. The Morgan fingerprint density at radius 1 is 1.14 bits per heavy atom. The molecule has 2 aliphatic carbocycles. The molecule has 2 atom stereocenters. The minimum atomic E-state index is -0.516. The lowest BCUT2D eigenvalue weighted by molar-refractivity contribution is -0.0138. The summed E-state index contributed by atoms with van der Waals surface area (Å²) < 4.78 is 0. The van der Waals surface area contributed by atoms with Crippen LogP contribution in [0.15, 0.2) is 0 Å². The van der Waals surface area contributed by atoms with Crippen molar-refractivity contribution in [2.45, 2.75) is 76.0 Å². The van der Waals surface area contributed by atoms with Gasteiger partial charge in [0.1, 0.15) is 0 Å². The molecule has 2 nitrogen and oxygen atoms in total. The molecule has 2 fully saturated rings. The van der Waals surface area contributed by atoms with Gasteiger partial charge < -0.3 is 10.4 Å². The quantitative estimate of drug-likeness (QED) is 0.727. The van der Waals surface area contributed by atoms with E-state index in [9.17, 15) is 5.11 Å². The van der Waals surface area contributed by atoms with Crippen LogP contribution in [0.2, 0.25) is 0 Å². The van der Waals surface area contributed by atoms with Crippen molar-refractivity contribution in [1.29, 1.82) is 0 Å². The van der Waals surface area contributed by atoms with Crippen molar-refractivity contribution in [2.75, 3.05) is 0 Å². The van der Waals surface area contributed by atoms with E-state index in [1.54, 1.807) is 0 Å². The van der Waals surface area contributed by atoms with Crippen molar-refractivity contribution in [1.82, 2.24) is 5.32 Å². The fourth-order valence-electron chi connectivity index (χ4n) is 2.83. The highest BCUT2D eigenvalue weighted by Crippen LogP contribution is 2.46. The smallest absolute Gasteiger partial charge is 0.0797 e. The van der Waals surface area contributed by atoms with Crippen LogP contribution in [-0.2, 0) is 0 Å². The molecule has 2 heteroatoms. The van der Waals surface area contributed by atoms with Crippen molar-refractivity contribution in [2.24, 2.45) is 0 Å². The Morgan fingerprint density at radius 3 is 2.14 bits per heavy atom. The summed E-state index contributed by atoms with van der Waals surface area (Å²) in [4.78, 5) is 0. The highest BCUT2D eigenvalue weighted by Gasteiger charge is 2.53. The lowest BCUT2D eigenvalue weighted by Gasteiger charge is -2.41. The zero-order chi connectivity index (χ0) is 10.4. The molecule has 0 amide bonds. The second-order valence-electron chi connectivity index (χ2n) is 5.72. The molecular formula is C12H23NO. The van der Waals surface area contributed by atoms with Crippen molar-refractivity contribution in [3.63, 3.8) is 0 Å². The van der Waals surface area contributed by atoms with E-state index in [1.807, 2.05) is 6.92 Å². The predicted octanol–water partition coefficient (Wildman–Crippen LogP) is 2.21. The van der Waals surface area contributed by atoms with E-state index in [0.29, 0.717) is 5.54 Å². The van der Waals surface area contributed by atoms with Gasteiger partial charge in [-0.1, -0.05) is 6.92 Å². The standard InChI is InChI=1S/C12H23NO/c1-4-12(8-9-12)13-10(2)6-5-7-11(10,3)14/h13-14H,4-9H2,1-3H3. The van der Waals surface area contributed by atoms with Gasteiger partial charge in [-0.25, -0.2) is 0 Å². The Kier molecular flexibility index (Phi) is 2.20. The summed E-state index contributed by atoms with van der Waals surface area (Å²) in [6.45, 7) is 6.42. The van der Waals surface area contributed by atoms with Gasteiger partial charge in [0.2, 0.25) is 0 Å². The van der Waals surface area contributed by atoms with Crippen LogP contribution in [0.25, 0.3) is 0 Å². The summed E-state index contributed by atoms with van der Waals surface area (Å²) in [6.07, 6.45) is 6.97. The van der Waals surface area contributed by atoms with Crippen LogP contribution in [0.3, 0.4) is 0 Å². The second-order valence-corrected chi connectivity index (χ2v) is 5.72. The molecule has 2 unspecified atom stereocenters. The lowest BCUT2D eigenvalue weighted by Crippen LogP contribution is -2.59. The van der Waals surface area contributed by atoms with Crippen LogP contribution in [0.4, 0.5) is 0 Å². The van der Waals surface area contributed by atoms with Gasteiger partial charge in [-0.2, -0.15) is 0 Å². The maximum absolute atomic E-state index is 10.3. The molecule has 0 aromatic heterocycles. The first kappa shape index (κ1) is 10.4. The van der Waals surface area contributed by atoms with E-state index in [1.165, 1.54) is 19.3 Å². The van der Waals surface area contributed by atoms with Crippen molar-refractivity contribution >= 4 is 0 Å². The highest BCUT2D eigenvalue weighted by molar-refractivity contribution is 5.13. The average Bonchev–Trinajstić information content (AvgIpc) is 2.79. The average molecular weight is 197 g/mol. The Bertz CT molecular complexity index is 232. The summed E-state index contributed by atoms with van der Waals surface area (Å²) in [5.41, 5.74) is -0.208. The SMILES string of the molecule is CCC1(NC2(C)CCCC2(C)O)CC1. The molecule has 0 aliphatic heterocycles. The third kappa shape index (κ3) is 1.49. The van der Waals surface area contributed by atoms with Crippen LogP contribution >= 0.6 is 0 Å². The number of hydrogen-bond donors (Lipinski definition) is 2. The molecule has 2 rings (SSSR count). The van der Waals surface area contributed by atoms with Crippen LogP contribution in [0.5, 0.6) is 0 Å². The van der Waals surface area contributed by atoms with E-state index in [2.05, 4.69) is 19.2 Å². The second kappa shape index (κ2) is 2.96. The van der Waals surface area contributed by atoms with Gasteiger partial charge in [0.25, 0.3) is 0 Å². The molecule has 0 spiro atoms. The molecule has 0 aromatic rings. The molecule has 14 heavy (non-hydrogen) atoms. The predicted molar refractivity (Wildman–Crippen MR) is 58.3 cm³/mol. The fourth-order valence-corrected chi connectivity index (χ4v) is 2.83. The van der Waals surface area contributed by atoms with E-state index in [4.69, 9.17) is 0 Å². The highest BCUT2D eigenvalue weighted by atomic mass is 16.3. The molecule has 0 radical (unpaired) electrons. The Morgan fingerprint density at radius 2 is 1.79 bits per heavy atom. The molecule has 2 saturated carbocycles. The van der Waals surface area contributed by atoms with Crippen LogP contribution in [0.1, 0.15) is 59.3 Å². The summed E-state index contributed by atoms with van der Waals surface area (Å²) in [5, 5.41) is 14.1. The first-order valence-corrected chi connectivity index (χ1v) is 5.95. The first-order valence-electron chi connectivity index (χ1n) is 5.95. The van der Waals surface area contributed by atoms with Gasteiger partial charge in [-0.15, -0.1) is 0 Å². The molecular weight excluding hydrogens is 174 g/mol. The lowest BCUT2D eigenvalue weighted by atomic mass is 9.84. The van der Waals surface area contributed by atoms with Gasteiger partial charge in [0.05, 0.1) is 5.60 Å². The van der Waals surface area contributed by atoms with Gasteiger partial charge >= 0.3 is 0 Å². The van der Waals surface area contributed by atoms with Crippen LogP contribution < -0.4 is 5.32 Å². The third-order valence-electron chi connectivity index (χ3n) is 4.60. The summed E-state index contributed by atoms with van der Waals surface area (Å²) in [7, 11) is 0. The van der Waals surface area contributed by atoms with E-state index >= 15 is 0 Å². The first-order chi connectivity index (χ1) is 6.43. The van der Waals surface area contributed by atoms with Gasteiger partial charge in [0.15, 0.2) is 0 Å². The molecule has 0 aromatic carbocycles. The Hall–Kier alpha value is -0.0800. The molecule has 2 aliphatic rings. The minimum Gasteiger partial charge on any atom is -0.388 e. The number of rotatable bonds is 3. The Balaban J connectivity index is 2.09. The molecule has 0 bridgehead atoms. The fraction of sp³-hybridized carbons (Fsp3) is 1.00. The summed E-state index contributed by atoms with van der Waals surface area (Å²) in [6, 6.07) is 0. The normalized spacial score (nSPS) is 45.4. The van der Waals surface area contributed by atoms with Gasteiger partial charge in [-0.05, 0) is 52.4 Å². The zero-order valence-corrected chi connectivity index (χ0v) is 9.69. The van der Waals surface area contributed by atoms with E-state index < -0.39 is 5.60 Å². The van der Waals surface area contributed by atoms with Crippen molar-refractivity contribution in [3.8, 4) is 0 Å². The summed E-state index contributed by atoms with van der Waals surface area (Å²) >= 11 is 0. The van der Waals surface area contributed by atoms with Crippen LogP contribution in [0, 0.1) is 0 Å². The van der Waals surface area contributed by atoms with E-state index in [0.717, 1.165) is 19.3 Å². The molecule has 82 valence electrons. The van der Waals surface area contributed by atoms with Crippen molar-refractivity contribution < 1.29 is 5.11 Å². The van der Waals surface area contributed by atoms with Crippen molar-refractivity contribution in [3.05, 3.63) is 0 Å². The molecule has 0 saturated heterocycles. The monoisotopic (exact) mass is 197 g/mol. The van der Waals surface area contributed by atoms with E-state index in [-0.39, 0.29) is 5.54 Å². The van der Waals surface area contributed by atoms with Gasteiger partial charge in [0, 0.05) is 11.1 Å². The third-order valence-corrected chi connectivity index (χ3v) is 4.60. The maximum Gasteiger partial charge on any atom is 0.0797 e.